The largest absolute Gasteiger partial charge is 0.493 e. The summed E-state index contributed by atoms with van der Waals surface area (Å²) >= 11 is 12.5. The first-order chi connectivity index (χ1) is 15.5. The van der Waals surface area contributed by atoms with Gasteiger partial charge in [-0.05, 0) is 49.8 Å². The van der Waals surface area contributed by atoms with E-state index in [1.165, 1.54) is 6.08 Å². The summed E-state index contributed by atoms with van der Waals surface area (Å²) in [5.74, 6) is 0.830. The number of nitrogens with zero attached hydrogens (tertiary/aromatic N) is 1. The number of carbonyl (C=O) groups excluding carboxylic acids is 1. The minimum atomic E-state index is -0.281. The van der Waals surface area contributed by atoms with Crippen molar-refractivity contribution in [2.45, 2.75) is 13.8 Å². The van der Waals surface area contributed by atoms with E-state index in [0.29, 0.717) is 33.8 Å². The SMILES string of the molecule is CCOc1cc2occ(-c3ccc(Cl)cc3Cl)c2cc1/C(C)=C/C(=O)Nc1ccccn1. The number of halogens is 2. The number of allylic oxidation sites excluding steroid dienone is 1. The highest BCUT2D eigenvalue weighted by atomic mass is 35.5. The molecule has 2 aromatic heterocycles. The fraction of sp³-hybridized carbons (Fsp3) is 0.120. The van der Waals surface area contributed by atoms with Gasteiger partial charge in [0.2, 0.25) is 5.91 Å². The van der Waals surface area contributed by atoms with Crippen molar-refractivity contribution in [3.63, 3.8) is 0 Å². The second kappa shape index (κ2) is 9.47. The normalized spacial score (nSPS) is 11.6. The number of nitrogens with one attached hydrogen (secondary N) is 1. The highest BCUT2D eigenvalue weighted by Crippen LogP contribution is 2.40. The van der Waals surface area contributed by atoms with Gasteiger partial charge in [0.1, 0.15) is 17.2 Å². The summed E-state index contributed by atoms with van der Waals surface area (Å²) in [6.07, 6.45) is 4.80. The predicted molar refractivity (Wildman–Crippen MR) is 129 cm³/mol. The number of benzene rings is 2. The number of rotatable bonds is 6. The molecule has 4 rings (SSSR count). The van der Waals surface area contributed by atoms with Crippen molar-refractivity contribution in [1.82, 2.24) is 4.98 Å². The molecule has 0 saturated heterocycles. The number of ether oxygens (including phenoxy) is 1. The van der Waals surface area contributed by atoms with Crippen molar-refractivity contribution >= 4 is 51.5 Å². The molecule has 0 aliphatic carbocycles. The lowest BCUT2D eigenvalue weighted by molar-refractivity contribution is -0.111. The van der Waals surface area contributed by atoms with Crippen LogP contribution in [0.4, 0.5) is 5.82 Å². The lowest BCUT2D eigenvalue weighted by Crippen LogP contribution is -2.09. The van der Waals surface area contributed by atoms with Crippen molar-refractivity contribution in [2.75, 3.05) is 11.9 Å². The molecule has 0 atom stereocenters. The molecule has 32 heavy (non-hydrogen) atoms. The molecule has 1 N–H and O–H groups in total. The topological polar surface area (TPSA) is 64.4 Å². The van der Waals surface area contributed by atoms with E-state index in [1.54, 1.807) is 36.7 Å². The summed E-state index contributed by atoms with van der Waals surface area (Å²) in [6.45, 7) is 4.24. The Morgan fingerprint density at radius 1 is 1.16 bits per heavy atom. The quantitative estimate of drug-likeness (QED) is 0.304. The number of amides is 1. The van der Waals surface area contributed by atoms with Crippen LogP contribution in [0, 0.1) is 0 Å². The Bertz CT molecular complexity index is 1310. The number of aromatic nitrogens is 1. The molecule has 162 valence electrons. The van der Waals surface area contributed by atoms with Crippen LogP contribution in [0.5, 0.6) is 5.75 Å². The van der Waals surface area contributed by atoms with Crippen molar-refractivity contribution in [1.29, 1.82) is 0 Å². The van der Waals surface area contributed by atoms with Crippen molar-refractivity contribution in [3.05, 3.63) is 82.7 Å². The number of carbonyl (C=O) groups is 1. The maximum Gasteiger partial charge on any atom is 0.249 e. The molecule has 2 heterocycles. The Kier molecular flexibility index (Phi) is 6.49. The van der Waals surface area contributed by atoms with Crippen LogP contribution in [-0.2, 0) is 4.79 Å². The van der Waals surface area contributed by atoms with Crippen molar-refractivity contribution < 1.29 is 13.9 Å². The molecule has 0 spiro atoms. The van der Waals surface area contributed by atoms with Gasteiger partial charge in [-0.15, -0.1) is 0 Å². The number of furan rings is 1. The molecule has 0 unspecified atom stereocenters. The number of hydrogen-bond donors (Lipinski definition) is 1. The monoisotopic (exact) mass is 466 g/mol. The van der Waals surface area contributed by atoms with Crippen molar-refractivity contribution in [2.24, 2.45) is 0 Å². The van der Waals surface area contributed by atoms with Gasteiger partial charge in [0.15, 0.2) is 0 Å². The van der Waals surface area contributed by atoms with Gasteiger partial charge < -0.3 is 14.5 Å². The highest BCUT2D eigenvalue weighted by Gasteiger charge is 2.17. The van der Waals surface area contributed by atoms with Gasteiger partial charge in [-0.2, -0.15) is 0 Å². The third-order valence-electron chi connectivity index (χ3n) is 4.89. The molecule has 0 saturated carbocycles. The van der Waals surface area contributed by atoms with Crippen LogP contribution < -0.4 is 10.1 Å². The average molecular weight is 467 g/mol. The van der Waals surface area contributed by atoms with Crippen LogP contribution in [0.1, 0.15) is 19.4 Å². The molecule has 0 aliphatic heterocycles. The van der Waals surface area contributed by atoms with Crippen LogP contribution in [0.15, 0.2) is 71.5 Å². The Balaban J connectivity index is 1.76. The van der Waals surface area contributed by atoms with E-state index in [2.05, 4.69) is 10.3 Å². The zero-order chi connectivity index (χ0) is 22.7. The van der Waals surface area contributed by atoms with E-state index in [9.17, 15) is 4.79 Å². The van der Waals surface area contributed by atoms with Gasteiger partial charge in [0, 0.05) is 45.4 Å². The van der Waals surface area contributed by atoms with E-state index in [-0.39, 0.29) is 5.91 Å². The predicted octanol–water partition coefficient (Wildman–Crippen LogP) is 7.24. The molecule has 4 aromatic rings. The second-order valence-electron chi connectivity index (χ2n) is 7.08. The number of anilines is 1. The van der Waals surface area contributed by atoms with Crippen LogP contribution >= 0.6 is 23.2 Å². The van der Waals surface area contributed by atoms with E-state index in [1.807, 2.05) is 38.1 Å². The standard InChI is InChI=1S/C25H20Cl2N2O3/c1-3-31-22-13-23-19(20(14-32-23)17-8-7-16(26)11-21(17)27)12-18(22)15(2)10-25(30)29-24-6-4-5-9-28-24/h4-14H,3H2,1-2H3,(H,28,29,30)/b15-10+. The lowest BCUT2D eigenvalue weighted by atomic mass is 9.99. The third kappa shape index (κ3) is 4.64. The van der Waals surface area contributed by atoms with Crippen LogP contribution in [-0.4, -0.2) is 17.5 Å². The summed E-state index contributed by atoms with van der Waals surface area (Å²) in [5, 5.41) is 4.70. The van der Waals surface area contributed by atoms with E-state index in [4.69, 9.17) is 32.4 Å². The number of pyridine rings is 1. The molecular weight excluding hydrogens is 447 g/mol. The molecule has 7 heteroatoms. The van der Waals surface area contributed by atoms with Crippen LogP contribution in [0.2, 0.25) is 10.0 Å². The zero-order valence-corrected chi connectivity index (χ0v) is 19.0. The smallest absolute Gasteiger partial charge is 0.249 e. The molecule has 1 amide bonds. The first-order valence-corrected chi connectivity index (χ1v) is 10.8. The Hall–Kier alpha value is -3.28. The molecule has 0 aliphatic rings. The molecule has 5 nitrogen and oxygen atoms in total. The zero-order valence-electron chi connectivity index (χ0n) is 17.5. The fourth-order valence-corrected chi connectivity index (χ4v) is 3.94. The highest BCUT2D eigenvalue weighted by molar-refractivity contribution is 6.36. The molecule has 0 fully saturated rings. The van der Waals surface area contributed by atoms with Gasteiger partial charge in [-0.25, -0.2) is 4.98 Å². The van der Waals surface area contributed by atoms with E-state index < -0.39 is 0 Å². The molecule has 0 bridgehead atoms. The molecule has 0 radical (unpaired) electrons. The molecular formula is C25H20Cl2N2O3. The average Bonchev–Trinajstić information content (AvgIpc) is 3.16. The van der Waals surface area contributed by atoms with Gasteiger partial charge >= 0.3 is 0 Å². The van der Waals surface area contributed by atoms with E-state index in [0.717, 1.165) is 27.6 Å². The maximum atomic E-state index is 12.5. The summed E-state index contributed by atoms with van der Waals surface area (Å²) in [7, 11) is 0. The van der Waals surface area contributed by atoms with Gasteiger partial charge in [0.25, 0.3) is 0 Å². The molecule has 2 aromatic carbocycles. The maximum absolute atomic E-state index is 12.5. The first kappa shape index (κ1) is 21.9. The lowest BCUT2D eigenvalue weighted by Gasteiger charge is -2.12. The third-order valence-corrected chi connectivity index (χ3v) is 5.43. The Morgan fingerprint density at radius 2 is 2.00 bits per heavy atom. The van der Waals surface area contributed by atoms with Gasteiger partial charge in [-0.1, -0.05) is 35.3 Å². The second-order valence-corrected chi connectivity index (χ2v) is 7.93. The summed E-state index contributed by atoms with van der Waals surface area (Å²) in [6, 6.07) is 14.4. The van der Waals surface area contributed by atoms with Crippen LogP contribution in [0.25, 0.3) is 27.7 Å². The Labute approximate surface area is 195 Å². The van der Waals surface area contributed by atoms with E-state index >= 15 is 0 Å². The Morgan fingerprint density at radius 3 is 2.72 bits per heavy atom. The fourth-order valence-electron chi connectivity index (χ4n) is 3.43. The number of fused-ring (bicyclic) bond motifs is 1. The summed E-state index contributed by atoms with van der Waals surface area (Å²) in [4.78, 5) is 16.6. The summed E-state index contributed by atoms with van der Waals surface area (Å²) < 4.78 is 11.6. The van der Waals surface area contributed by atoms with Gasteiger partial charge in [0.05, 0.1) is 17.9 Å². The van der Waals surface area contributed by atoms with Crippen molar-refractivity contribution in [3.8, 4) is 16.9 Å². The minimum absolute atomic E-state index is 0.281. The van der Waals surface area contributed by atoms with Gasteiger partial charge in [-0.3, -0.25) is 4.79 Å². The number of hydrogen-bond acceptors (Lipinski definition) is 4. The minimum Gasteiger partial charge on any atom is -0.493 e. The first-order valence-electron chi connectivity index (χ1n) is 10.0. The summed E-state index contributed by atoms with van der Waals surface area (Å²) in [5.41, 5.74) is 3.81. The van der Waals surface area contributed by atoms with Crippen LogP contribution in [0.3, 0.4) is 0 Å².